The van der Waals surface area contributed by atoms with Gasteiger partial charge in [0.15, 0.2) is 11.5 Å². The van der Waals surface area contributed by atoms with E-state index in [9.17, 15) is 9.59 Å². The number of benzene rings is 2. The van der Waals surface area contributed by atoms with Crippen LogP contribution in [0.2, 0.25) is 0 Å². The highest BCUT2D eigenvalue weighted by Crippen LogP contribution is 2.32. The van der Waals surface area contributed by atoms with E-state index in [2.05, 4.69) is 5.10 Å². The normalized spacial score (nSPS) is 14.6. The molecule has 0 atom stereocenters. The van der Waals surface area contributed by atoms with Crippen molar-refractivity contribution in [2.24, 2.45) is 5.10 Å². The average Bonchev–Trinajstić information content (AvgIpc) is 3.41. The highest BCUT2D eigenvalue weighted by Gasteiger charge is 2.28. The number of hydrogen-bond donors (Lipinski definition) is 0. The number of nitrogens with zero attached hydrogens (tertiary/aromatic N) is 2. The molecule has 6 nitrogen and oxygen atoms in total. The Balaban J connectivity index is 1.60. The zero-order valence-electron chi connectivity index (χ0n) is 17.1. The zero-order valence-corrected chi connectivity index (χ0v) is 17.9. The van der Waals surface area contributed by atoms with Gasteiger partial charge in [0.25, 0.3) is 5.91 Å². The largest absolute Gasteiger partial charge is 0.490 e. The van der Waals surface area contributed by atoms with Crippen molar-refractivity contribution in [3.8, 4) is 11.5 Å². The third-order valence-electron chi connectivity index (χ3n) is 4.57. The molecule has 3 aromatic rings. The fraction of sp³-hybridized carbons (Fsp3) is 0.125. The highest BCUT2D eigenvalue weighted by molar-refractivity contribution is 7.12. The van der Waals surface area contributed by atoms with Crippen LogP contribution in [0.3, 0.4) is 0 Å². The summed E-state index contributed by atoms with van der Waals surface area (Å²) in [5, 5.41) is 7.60. The van der Waals surface area contributed by atoms with Crippen molar-refractivity contribution < 1.29 is 19.1 Å². The first kappa shape index (κ1) is 20.6. The number of amides is 1. The monoisotopic (exact) mass is 432 g/mol. The Kier molecular flexibility index (Phi) is 5.95. The summed E-state index contributed by atoms with van der Waals surface area (Å²) in [5.41, 5.74) is 2.57. The van der Waals surface area contributed by atoms with Crippen LogP contribution < -0.4 is 14.5 Å². The maximum Gasteiger partial charge on any atom is 0.353 e. The molecule has 0 fully saturated rings. The van der Waals surface area contributed by atoms with E-state index in [1.165, 1.54) is 16.3 Å². The molecule has 0 bridgehead atoms. The number of carbonyl (C=O) groups is 2. The third kappa shape index (κ3) is 4.41. The molecule has 0 saturated heterocycles. The van der Waals surface area contributed by atoms with E-state index in [1.807, 2.05) is 42.6 Å². The molecule has 2 aromatic carbocycles. The summed E-state index contributed by atoms with van der Waals surface area (Å²) in [4.78, 5) is 25.7. The summed E-state index contributed by atoms with van der Waals surface area (Å²) in [6.07, 6.45) is 1.76. The molecule has 1 amide bonds. The molecule has 31 heavy (non-hydrogen) atoms. The first-order valence-electron chi connectivity index (χ1n) is 9.76. The van der Waals surface area contributed by atoms with Crippen molar-refractivity contribution in [2.75, 3.05) is 11.6 Å². The molecule has 4 rings (SSSR count). The summed E-state index contributed by atoms with van der Waals surface area (Å²) >= 11 is 1.31. The van der Waals surface area contributed by atoms with E-state index in [-0.39, 0.29) is 5.91 Å². The average molecular weight is 433 g/mol. The van der Waals surface area contributed by atoms with Crippen molar-refractivity contribution in [1.82, 2.24) is 0 Å². The Morgan fingerprint density at radius 3 is 2.61 bits per heavy atom. The highest BCUT2D eigenvalue weighted by atomic mass is 32.1. The van der Waals surface area contributed by atoms with Crippen LogP contribution in [-0.2, 0) is 4.79 Å². The van der Waals surface area contributed by atoms with E-state index in [1.54, 1.807) is 43.3 Å². The molecule has 1 aromatic heterocycles. The quantitative estimate of drug-likeness (QED) is 0.306. The molecule has 0 spiro atoms. The molecule has 7 heteroatoms. The van der Waals surface area contributed by atoms with Gasteiger partial charge in [0.1, 0.15) is 4.88 Å². The molecular formula is C24H20N2O4S. The van der Waals surface area contributed by atoms with Crippen LogP contribution >= 0.6 is 11.3 Å². The minimum Gasteiger partial charge on any atom is -0.490 e. The maximum atomic E-state index is 12.9. The SMILES string of the molecule is CCOc1cc(/C=C2/C(=O)N(c3ccccc3)N=C2C)ccc1OC(=O)c1cccs1. The fourth-order valence-electron chi connectivity index (χ4n) is 3.11. The molecule has 1 aliphatic rings. The van der Waals surface area contributed by atoms with Crippen LogP contribution in [0, 0.1) is 0 Å². The first-order valence-corrected chi connectivity index (χ1v) is 10.6. The Labute approximate surface area is 184 Å². The van der Waals surface area contributed by atoms with Gasteiger partial charge in [-0.3, -0.25) is 4.79 Å². The second kappa shape index (κ2) is 8.97. The summed E-state index contributed by atoms with van der Waals surface area (Å²) in [7, 11) is 0. The second-order valence-corrected chi connectivity index (χ2v) is 7.65. The van der Waals surface area contributed by atoms with Crippen LogP contribution in [0.5, 0.6) is 11.5 Å². The Hall–Kier alpha value is -3.71. The number of carbonyl (C=O) groups excluding carboxylic acids is 2. The lowest BCUT2D eigenvalue weighted by molar-refractivity contribution is -0.114. The molecule has 0 N–H and O–H groups in total. The van der Waals surface area contributed by atoms with Crippen molar-refractivity contribution in [2.45, 2.75) is 13.8 Å². The zero-order chi connectivity index (χ0) is 21.8. The number of ether oxygens (including phenoxy) is 2. The Morgan fingerprint density at radius 1 is 1.10 bits per heavy atom. The number of esters is 1. The second-order valence-electron chi connectivity index (χ2n) is 6.70. The van der Waals surface area contributed by atoms with Crippen LogP contribution in [0.25, 0.3) is 6.08 Å². The third-order valence-corrected chi connectivity index (χ3v) is 5.42. The Morgan fingerprint density at radius 2 is 1.90 bits per heavy atom. The van der Waals surface area contributed by atoms with Gasteiger partial charge in [0, 0.05) is 0 Å². The van der Waals surface area contributed by atoms with Gasteiger partial charge in [-0.05, 0) is 61.2 Å². The summed E-state index contributed by atoms with van der Waals surface area (Å²) < 4.78 is 11.2. The minimum atomic E-state index is -0.436. The summed E-state index contributed by atoms with van der Waals surface area (Å²) in [6, 6.07) is 18.0. The van der Waals surface area contributed by atoms with Gasteiger partial charge < -0.3 is 9.47 Å². The number of rotatable bonds is 6. The molecular weight excluding hydrogens is 412 g/mol. The number of hydrazone groups is 1. The molecule has 2 heterocycles. The predicted molar refractivity (Wildman–Crippen MR) is 122 cm³/mol. The lowest BCUT2D eigenvalue weighted by Gasteiger charge is -2.12. The smallest absolute Gasteiger partial charge is 0.353 e. The van der Waals surface area contributed by atoms with Gasteiger partial charge in [0.05, 0.1) is 23.6 Å². The Bertz CT molecular complexity index is 1170. The van der Waals surface area contributed by atoms with E-state index < -0.39 is 5.97 Å². The molecule has 0 saturated carbocycles. The van der Waals surface area contributed by atoms with Crippen molar-refractivity contribution in [1.29, 1.82) is 0 Å². The molecule has 0 radical (unpaired) electrons. The molecule has 1 aliphatic heterocycles. The minimum absolute atomic E-state index is 0.199. The molecule has 156 valence electrons. The maximum absolute atomic E-state index is 12.9. The number of hydrogen-bond acceptors (Lipinski definition) is 6. The van der Waals surface area contributed by atoms with Crippen molar-refractivity contribution in [3.05, 3.63) is 82.1 Å². The first-order chi connectivity index (χ1) is 15.1. The number of thiophene rings is 1. The summed E-state index contributed by atoms with van der Waals surface area (Å²) in [5.74, 6) is 0.127. The molecule has 0 unspecified atom stereocenters. The van der Waals surface area contributed by atoms with Crippen molar-refractivity contribution >= 4 is 40.7 Å². The topological polar surface area (TPSA) is 68.2 Å². The van der Waals surface area contributed by atoms with E-state index in [0.717, 1.165) is 5.56 Å². The van der Waals surface area contributed by atoms with Gasteiger partial charge in [-0.1, -0.05) is 30.3 Å². The molecule has 0 aliphatic carbocycles. The predicted octanol–water partition coefficient (Wildman–Crippen LogP) is 5.17. The van der Waals surface area contributed by atoms with Gasteiger partial charge in [-0.2, -0.15) is 10.1 Å². The van der Waals surface area contributed by atoms with Crippen LogP contribution in [0.15, 0.2) is 76.7 Å². The van der Waals surface area contributed by atoms with Crippen LogP contribution in [-0.4, -0.2) is 24.2 Å². The van der Waals surface area contributed by atoms with Crippen LogP contribution in [0.1, 0.15) is 29.1 Å². The lowest BCUT2D eigenvalue weighted by Crippen LogP contribution is -2.21. The number of para-hydroxylation sites is 1. The lowest BCUT2D eigenvalue weighted by atomic mass is 10.1. The van der Waals surface area contributed by atoms with Gasteiger partial charge in [-0.25, -0.2) is 4.79 Å². The van der Waals surface area contributed by atoms with Crippen LogP contribution in [0.4, 0.5) is 5.69 Å². The number of anilines is 1. The van der Waals surface area contributed by atoms with E-state index >= 15 is 0 Å². The van der Waals surface area contributed by atoms with E-state index in [4.69, 9.17) is 9.47 Å². The fourth-order valence-corrected chi connectivity index (χ4v) is 3.71. The summed E-state index contributed by atoms with van der Waals surface area (Å²) in [6.45, 7) is 4.06. The standard InChI is InChI=1S/C24H20N2O4S/c1-3-29-21-15-17(11-12-20(21)30-24(28)22-10-7-13-31-22)14-19-16(2)25-26(23(19)27)18-8-5-4-6-9-18/h4-15H,3H2,1-2H3/b19-14+. The van der Waals surface area contributed by atoms with E-state index in [0.29, 0.717) is 40.0 Å². The van der Waals surface area contributed by atoms with Gasteiger partial charge >= 0.3 is 5.97 Å². The van der Waals surface area contributed by atoms with Crippen molar-refractivity contribution in [3.63, 3.8) is 0 Å². The van der Waals surface area contributed by atoms with Gasteiger partial charge in [0.2, 0.25) is 0 Å². The van der Waals surface area contributed by atoms with Gasteiger partial charge in [-0.15, -0.1) is 11.3 Å².